The molecular weight excluding hydrogens is 335 g/mol. The molecule has 0 saturated heterocycles. The maximum Gasteiger partial charge on any atom is 0.394 e. The Bertz CT molecular complexity index is 393. The molecule has 0 aliphatic carbocycles. The Kier molecular flexibility index (Phi) is 16.7. The molecule has 0 aromatic heterocycles. The average molecular weight is 375 g/mol. The van der Waals surface area contributed by atoms with Gasteiger partial charge in [-0.2, -0.15) is 0 Å². The van der Waals surface area contributed by atoms with Gasteiger partial charge in [0.2, 0.25) is 5.52 Å². The Labute approximate surface area is 155 Å². The van der Waals surface area contributed by atoms with Crippen molar-refractivity contribution in [3.63, 3.8) is 0 Å². The first kappa shape index (κ1) is 24.6. The highest BCUT2D eigenvalue weighted by molar-refractivity contribution is 7.70. The zero-order valence-electron chi connectivity index (χ0n) is 16.4. The van der Waals surface area contributed by atoms with Crippen LogP contribution in [0.1, 0.15) is 104 Å². The lowest BCUT2D eigenvalue weighted by Crippen LogP contribution is -2.02. The molecule has 0 bridgehead atoms. The summed E-state index contributed by atoms with van der Waals surface area (Å²) in [7, 11) is -4.02. The Hall–Kier alpha value is -0.440. The minimum absolute atomic E-state index is 0.0892. The average Bonchev–Trinajstić information content (AvgIpc) is 2.58. The van der Waals surface area contributed by atoms with Crippen molar-refractivity contribution in [1.29, 1.82) is 0 Å². The van der Waals surface area contributed by atoms with Crippen LogP contribution in [0.4, 0.5) is 0 Å². The van der Waals surface area contributed by atoms with Gasteiger partial charge >= 0.3 is 7.60 Å². The van der Waals surface area contributed by atoms with E-state index in [2.05, 4.69) is 23.6 Å². The fourth-order valence-electron chi connectivity index (χ4n) is 2.74. The SMILES string of the molecule is CCCCCCCCC=CCCCCCCCC(=O)P(=O)(O)OCC. The van der Waals surface area contributed by atoms with Gasteiger partial charge in [0.1, 0.15) is 0 Å². The van der Waals surface area contributed by atoms with Crippen LogP contribution >= 0.6 is 7.60 Å². The molecule has 1 N–H and O–H groups in total. The number of rotatable bonds is 18. The summed E-state index contributed by atoms with van der Waals surface area (Å²) in [6.45, 7) is 3.95. The normalized spacial score (nSPS) is 14.0. The lowest BCUT2D eigenvalue weighted by Gasteiger charge is -2.08. The van der Waals surface area contributed by atoms with E-state index in [1.807, 2.05) is 0 Å². The van der Waals surface area contributed by atoms with Gasteiger partial charge in [-0.1, -0.05) is 70.4 Å². The Morgan fingerprint density at radius 1 is 0.840 bits per heavy atom. The van der Waals surface area contributed by atoms with Crippen molar-refractivity contribution < 1.29 is 18.8 Å². The van der Waals surface area contributed by atoms with Gasteiger partial charge in [0.15, 0.2) is 0 Å². The highest BCUT2D eigenvalue weighted by Crippen LogP contribution is 2.44. The van der Waals surface area contributed by atoms with Crippen molar-refractivity contribution in [3.05, 3.63) is 12.2 Å². The third-order valence-electron chi connectivity index (χ3n) is 4.27. The molecule has 0 spiro atoms. The van der Waals surface area contributed by atoms with Crippen LogP contribution < -0.4 is 0 Å². The first-order valence-corrected chi connectivity index (χ1v) is 11.8. The van der Waals surface area contributed by atoms with Gasteiger partial charge < -0.3 is 9.42 Å². The van der Waals surface area contributed by atoms with Crippen LogP contribution in [0.5, 0.6) is 0 Å². The molecule has 0 saturated carbocycles. The lowest BCUT2D eigenvalue weighted by molar-refractivity contribution is -0.113. The molecule has 0 radical (unpaired) electrons. The molecule has 0 rings (SSSR count). The standard InChI is InChI=1S/C20H39O4P/c1-3-5-6-7-8-9-10-11-12-13-14-15-16-17-18-19-20(21)25(22,23)24-4-2/h11-12H,3-10,13-19H2,1-2H3,(H,22,23). The number of hydrogen-bond donors (Lipinski definition) is 1. The van der Waals surface area contributed by atoms with Crippen molar-refractivity contribution in [3.8, 4) is 0 Å². The van der Waals surface area contributed by atoms with Gasteiger partial charge in [0, 0.05) is 6.42 Å². The fraction of sp³-hybridized carbons (Fsp3) is 0.850. The van der Waals surface area contributed by atoms with E-state index in [1.165, 1.54) is 51.4 Å². The minimum atomic E-state index is -4.02. The summed E-state index contributed by atoms with van der Waals surface area (Å²) in [5.41, 5.74) is -0.646. The van der Waals surface area contributed by atoms with Crippen molar-refractivity contribution in [2.24, 2.45) is 0 Å². The maximum atomic E-state index is 11.5. The first-order chi connectivity index (χ1) is 12.0. The number of allylic oxidation sites excluding steroid dienone is 2. The van der Waals surface area contributed by atoms with E-state index in [1.54, 1.807) is 6.92 Å². The molecule has 5 heteroatoms. The van der Waals surface area contributed by atoms with E-state index in [-0.39, 0.29) is 13.0 Å². The molecule has 25 heavy (non-hydrogen) atoms. The van der Waals surface area contributed by atoms with E-state index in [4.69, 9.17) is 0 Å². The zero-order valence-corrected chi connectivity index (χ0v) is 17.3. The van der Waals surface area contributed by atoms with Crippen molar-refractivity contribution >= 4 is 13.1 Å². The summed E-state index contributed by atoms with van der Waals surface area (Å²) in [5, 5.41) is 0. The van der Waals surface area contributed by atoms with Gasteiger partial charge in [-0.15, -0.1) is 0 Å². The second-order valence-electron chi connectivity index (χ2n) is 6.67. The number of hydrogen-bond acceptors (Lipinski definition) is 3. The van der Waals surface area contributed by atoms with Crippen LogP contribution in [0, 0.1) is 0 Å². The van der Waals surface area contributed by atoms with E-state index >= 15 is 0 Å². The van der Waals surface area contributed by atoms with Crippen LogP contribution in [0.15, 0.2) is 12.2 Å². The summed E-state index contributed by atoms with van der Waals surface area (Å²) in [4.78, 5) is 20.9. The summed E-state index contributed by atoms with van der Waals surface area (Å²) in [5.74, 6) is 0. The van der Waals surface area contributed by atoms with Gasteiger partial charge in [0.25, 0.3) is 0 Å². The van der Waals surface area contributed by atoms with Gasteiger partial charge in [0.05, 0.1) is 6.61 Å². The van der Waals surface area contributed by atoms with E-state index in [0.29, 0.717) is 6.42 Å². The minimum Gasteiger partial charge on any atom is -0.319 e. The predicted octanol–water partition coefficient (Wildman–Crippen LogP) is 6.77. The Morgan fingerprint density at radius 2 is 1.32 bits per heavy atom. The van der Waals surface area contributed by atoms with Crippen LogP contribution in [0.2, 0.25) is 0 Å². The molecule has 148 valence electrons. The van der Waals surface area contributed by atoms with Crippen LogP contribution in [0.25, 0.3) is 0 Å². The quantitative estimate of drug-likeness (QED) is 0.163. The molecule has 0 aromatic rings. The van der Waals surface area contributed by atoms with E-state index < -0.39 is 13.1 Å². The molecule has 0 aromatic carbocycles. The molecule has 0 fully saturated rings. The summed E-state index contributed by atoms with van der Waals surface area (Å²) in [6.07, 6.45) is 20.2. The number of carbonyl (C=O) groups is 1. The molecular formula is C20H39O4P. The second-order valence-corrected chi connectivity index (χ2v) is 8.46. The fourth-order valence-corrected chi connectivity index (χ4v) is 3.67. The maximum absolute atomic E-state index is 11.5. The van der Waals surface area contributed by atoms with Gasteiger partial charge in [-0.3, -0.25) is 9.36 Å². The largest absolute Gasteiger partial charge is 0.394 e. The Morgan fingerprint density at radius 3 is 1.84 bits per heavy atom. The summed E-state index contributed by atoms with van der Waals surface area (Å²) < 4.78 is 16.1. The van der Waals surface area contributed by atoms with Crippen LogP contribution in [-0.4, -0.2) is 17.0 Å². The third-order valence-corrected chi connectivity index (χ3v) is 5.73. The van der Waals surface area contributed by atoms with Crippen molar-refractivity contribution in [2.45, 2.75) is 104 Å². The van der Waals surface area contributed by atoms with E-state index in [0.717, 1.165) is 25.7 Å². The highest BCUT2D eigenvalue weighted by atomic mass is 31.2. The second kappa shape index (κ2) is 17.0. The molecule has 1 unspecified atom stereocenters. The monoisotopic (exact) mass is 374 g/mol. The predicted molar refractivity (Wildman–Crippen MR) is 106 cm³/mol. The summed E-state index contributed by atoms with van der Waals surface area (Å²) >= 11 is 0. The number of unbranched alkanes of at least 4 members (excludes halogenated alkanes) is 11. The Balaban J connectivity index is 3.37. The van der Waals surface area contributed by atoms with Gasteiger partial charge in [-0.05, 0) is 39.0 Å². The summed E-state index contributed by atoms with van der Waals surface area (Å²) in [6, 6.07) is 0. The molecule has 0 heterocycles. The molecule has 0 amide bonds. The first-order valence-electron chi connectivity index (χ1n) is 10.2. The smallest absolute Gasteiger partial charge is 0.319 e. The highest BCUT2D eigenvalue weighted by Gasteiger charge is 2.28. The van der Waals surface area contributed by atoms with Gasteiger partial charge in [-0.25, -0.2) is 0 Å². The molecule has 1 atom stereocenters. The third kappa shape index (κ3) is 15.5. The van der Waals surface area contributed by atoms with Crippen LogP contribution in [-0.2, 0) is 13.9 Å². The van der Waals surface area contributed by atoms with Crippen LogP contribution in [0.3, 0.4) is 0 Å². The molecule has 0 aliphatic heterocycles. The van der Waals surface area contributed by atoms with E-state index in [9.17, 15) is 14.3 Å². The topological polar surface area (TPSA) is 63.6 Å². The van der Waals surface area contributed by atoms with Crippen molar-refractivity contribution in [1.82, 2.24) is 0 Å². The molecule has 4 nitrogen and oxygen atoms in total. The number of carbonyl (C=O) groups excluding carboxylic acids is 1. The van der Waals surface area contributed by atoms with Crippen molar-refractivity contribution in [2.75, 3.05) is 6.61 Å². The zero-order chi connectivity index (χ0) is 18.8. The molecule has 0 aliphatic rings. The lowest BCUT2D eigenvalue weighted by atomic mass is 10.1.